The molecule has 0 N–H and O–H groups in total. The monoisotopic (exact) mass is 316 g/mol. The second-order valence-electron chi connectivity index (χ2n) is 10.9. The van der Waals surface area contributed by atoms with Crippen molar-refractivity contribution < 1.29 is 4.65 Å². The summed E-state index contributed by atoms with van der Waals surface area (Å²) >= 11 is 0. The van der Waals surface area contributed by atoms with Gasteiger partial charge in [-0.15, -0.1) is 0 Å². The zero-order valence-corrected chi connectivity index (χ0v) is 16.4. The molecule has 6 aliphatic carbocycles. The van der Waals surface area contributed by atoms with Crippen molar-refractivity contribution >= 4 is 6.92 Å². The Balaban J connectivity index is 1.52. The summed E-state index contributed by atoms with van der Waals surface area (Å²) in [4.78, 5) is 0. The Morgan fingerprint density at radius 1 is 0.739 bits per heavy atom. The van der Waals surface area contributed by atoms with E-state index in [1.54, 1.807) is 0 Å². The Morgan fingerprint density at radius 3 is 1.39 bits per heavy atom. The first kappa shape index (κ1) is 16.5. The molecular weight excluding hydrogens is 279 g/mol. The predicted molar refractivity (Wildman–Crippen MR) is 98.6 cm³/mol. The molecule has 23 heavy (non-hydrogen) atoms. The molecule has 0 unspecified atom stereocenters. The maximum absolute atomic E-state index is 6.24. The molecule has 0 aromatic rings. The van der Waals surface area contributed by atoms with E-state index >= 15 is 0 Å². The van der Waals surface area contributed by atoms with Crippen LogP contribution in [0.15, 0.2) is 0 Å². The zero-order valence-electron chi connectivity index (χ0n) is 16.4. The highest BCUT2D eigenvalue weighted by Crippen LogP contribution is 2.69. The SMILES string of the molecule is COB([C@H]1C[C@H]2C[C@@H]([C@@H]1C)C2(C)C)[C@H]1C[C@H]2C[C@@H]([C@@H]1C)C2(C)C. The summed E-state index contributed by atoms with van der Waals surface area (Å²) in [5.41, 5.74) is 1.19. The third kappa shape index (κ3) is 2.03. The topological polar surface area (TPSA) is 9.23 Å². The highest BCUT2D eigenvalue weighted by atomic mass is 16.4. The zero-order chi connectivity index (χ0) is 16.7. The van der Waals surface area contributed by atoms with Crippen molar-refractivity contribution in [2.24, 2.45) is 46.3 Å². The van der Waals surface area contributed by atoms with Gasteiger partial charge in [-0.25, -0.2) is 0 Å². The van der Waals surface area contributed by atoms with E-state index in [4.69, 9.17) is 4.65 Å². The molecule has 4 bridgehead atoms. The van der Waals surface area contributed by atoms with Gasteiger partial charge in [-0.3, -0.25) is 0 Å². The summed E-state index contributed by atoms with van der Waals surface area (Å²) in [5, 5.41) is 0. The highest BCUT2D eigenvalue weighted by Gasteiger charge is 2.62. The van der Waals surface area contributed by atoms with Crippen molar-refractivity contribution in [3.63, 3.8) is 0 Å². The van der Waals surface area contributed by atoms with Gasteiger partial charge in [0.1, 0.15) is 0 Å². The van der Waals surface area contributed by atoms with Crippen molar-refractivity contribution in [1.29, 1.82) is 0 Å². The Bertz CT molecular complexity index is 442. The van der Waals surface area contributed by atoms with Gasteiger partial charge in [0.2, 0.25) is 0 Å². The molecule has 0 radical (unpaired) electrons. The van der Waals surface area contributed by atoms with E-state index in [0.29, 0.717) is 17.7 Å². The smallest absolute Gasteiger partial charge is 0.299 e. The maximum Gasteiger partial charge on any atom is 0.299 e. The minimum absolute atomic E-state index is 0.516. The Hall–Kier alpha value is 0.0249. The lowest BCUT2D eigenvalue weighted by atomic mass is 9.27. The molecule has 8 atom stereocenters. The normalized spacial score (nSPS) is 52.3. The van der Waals surface area contributed by atoms with E-state index in [1.165, 1.54) is 25.7 Å². The molecule has 0 heterocycles. The average molecular weight is 316 g/mol. The third-order valence-electron chi connectivity index (χ3n) is 9.94. The molecular formula is C21H37BO. The number of hydrogen-bond donors (Lipinski definition) is 0. The Labute approximate surface area is 144 Å². The quantitative estimate of drug-likeness (QED) is 0.601. The molecule has 0 aliphatic heterocycles. The fourth-order valence-electron chi connectivity index (χ4n) is 7.91. The molecule has 0 amide bonds. The number of rotatable bonds is 3. The lowest BCUT2D eigenvalue weighted by Crippen LogP contribution is -2.60. The van der Waals surface area contributed by atoms with Crippen LogP contribution in [0.25, 0.3) is 0 Å². The molecule has 6 fully saturated rings. The molecule has 6 saturated carbocycles. The summed E-state index contributed by atoms with van der Waals surface area (Å²) in [6.45, 7) is 15.7. The van der Waals surface area contributed by atoms with E-state index in [-0.39, 0.29) is 0 Å². The summed E-state index contributed by atoms with van der Waals surface area (Å²) in [6, 6.07) is 0. The average Bonchev–Trinajstić information content (AvgIpc) is 2.49. The van der Waals surface area contributed by atoms with Crippen molar-refractivity contribution in [2.45, 2.75) is 78.9 Å². The number of fused-ring (bicyclic) bond motifs is 4. The predicted octanol–water partition coefficient (Wildman–Crippen LogP) is 5.77. The third-order valence-corrected chi connectivity index (χ3v) is 9.94. The summed E-state index contributed by atoms with van der Waals surface area (Å²) in [7, 11) is 2.00. The molecule has 1 nitrogen and oxygen atoms in total. The highest BCUT2D eigenvalue weighted by molar-refractivity contribution is 6.55. The molecule has 6 aliphatic rings. The summed E-state index contributed by atoms with van der Waals surface area (Å²) in [6.07, 6.45) is 5.81. The van der Waals surface area contributed by atoms with Gasteiger partial charge < -0.3 is 4.65 Å². The Kier molecular flexibility index (Phi) is 3.60. The fraction of sp³-hybridized carbons (Fsp3) is 1.00. The maximum atomic E-state index is 6.24. The van der Waals surface area contributed by atoms with Crippen LogP contribution in [-0.4, -0.2) is 14.0 Å². The van der Waals surface area contributed by atoms with Crippen LogP contribution in [0.5, 0.6) is 0 Å². The van der Waals surface area contributed by atoms with E-state index in [1.807, 2.05) is 7.11 Å². The van der Waals surface area contributed by atoms with Crippen LogP contribution in [-0.2, 0) is 4.65 Å². The van der Waals surface area contributed by atoms with Gasteiger partial charge >= 0.3 is 0 Å². The minimum atomic E-state index is 0.516. The van der Waals surface area contributed by atoms with Crippen LogP contribution < -0.4 is 0 Å². The number of hydrogen-bond acceptors (Lipinski definition) is 1. The molecule has 6 rings (SSSR count). The van der Waals surface area contributed by atoms with Crippen LogP contribution in [0.2, 0.25) is 11.6 Å². The van der Waals surface area contributed by atoms with Gasteiger partial charge in [0.05, 0.1) is 0 Å². The summed E-state index contributed by atoms with van der Waals surface area (Å²) in [5.74, 6) is 7.10. The molecule has 0 saturated heterocycles. The molecule has 2 heteroatoms. The van der Waals surface area contributed by atoms with Gasteiger partial charge in [0, 0.05) is 7.11 Å². The van der Waals surface area contributed by atoms with E-state index in [2.05, 4.69) is 41.5 Å². The molecule has 0 spiro atoms. The lowest BCUT2D eigenvalue weighted by Gasteiger charge is -2.65. The van der Waals surface area contributed by atoms with Crippen molar-refractivity contribution in [3.05, 3.63) is 0 Å². The van der Waals surface area contributed by atoms with E-state index < -0.39 is 0 Å². The van der Waals surface area contributed by atoms with Crippen LogP contribution in [0.1, 0.15) is 67.2 Å². The van der Waals surface area contributed by atoms with Gasteiger partial charge in [0.25, 0.3) is 6.92 Å². The van der Waals surface area contributed by atoms with E-state index in [9.17, 15) is 0 Å². The molecule has 0 aromatic carbocycles. The first-order valence-electron chi connectivity index (χ1n) is 10.2. The second-order valence-corrected chi connectivity index (χ2v) is 10.9. The van der Waals surface area contributed by atoms with Crippen LogP contribution in [0.4, 0.5) is 0 Å². The minimum Gasteiger partial charge on any atom is -0.438 e. The van der Waals surface area contributed by atoms with Gasteiger partial charge in [-0.05, 0) is 70.8 Å². The fourth-order valence-corrected chi connectivity index (χ4v) is 7.91. The second kappa shape index (κ2) is 5.02. The van der Waals surface area contributed by atoms with Gasteiger partial charge in [0.15, 0.2) is 0 Å². The van der Waals surface area contributed by atoms with Crippen molar-refractivity contribution in [3.8, 4) is 0 Å². The molecule has 0 aromatic heterocycles. The standard InChI is InChI=1S/C21H37BO/c1-12-16-8-14(20(16,3)4)10-18(12)22(23-7)19-11-15-9-17(13(19)2)21(15,5)6/h12-19H,8-11H2,1-7H3/t12-,13-,14+,15+,16-,17-,18-,19-/m0/s1. The van der Waals surface area contributed by atoms with Crippen molar-refractivity contribution in [2.75, 3.05) is 7.11 Å². The van der Waals surface area contributed by atoms with E-state index in [0.717, 1.165) is 47.1 Å². The first-order valence-corrected chi connectivity index (χ1v) is 10.2. The summed E-state index contributed by atoms with van der Waals surface area (Å²) < 4.78 is 6.24. The molecule has 130 valence electrons. The van der Waals surface area contributed by atoms with Crippen LogP contribution in [0, 0.1) is 46.3 Å². The van der Waals surface area contributed by atoms with Crippen molar-refractivity contribution in [1.82, 2.24) is 0 Å². The largest absolute Gasteiger partial charge is 0.438 e. The Morgan fingerprint density at radius 2 is 1.13 bits per heavy atom. The van der Waals surface area contributed by atoms with Crippen LogP contribution in [0.3, 0.4) is 0 Å². The first-order chi connectivity index (χ1) is 10.7. The van der Waals surface area contributed by atoms with Crippen LogP contribution >= 0.6 is 0 Å². The van der Waals surface area contributed by atoms with Gasteiger partial charge in [-0.1, -0.05) is 54.4 Å². The lowest BCUT2D eigenvalue weighted by molar-refractivity contribution is -0.110. The van der Waals surface area contributed by atoms with Gasteiger partial charge in [-0.2, -0.15) is 0 Å².